The zero-order valence-electron chi connectivity index (χ0n) is 11.8. The van der Waals surface area contributed by atoms with E-state index in [1.54, 1.807) is 0 Å². The summed E-state index contributed by atoms with van der Waals surface area (Å²) < 4.78 is 0. The predicted octanol–water partition coefficient (Wildman–Crippen LogP) is 2.67. The maximum absolute atomic E-state index is 12.1. The van der Waals surface area contributed by atoms with Gasteiger partial charge in [0.05, 0.1) is 0 Å². The van der Waals surface area contributed by atoms with Gasteiger partial charge in [-0.15, -0.1) is 0 Å². The van der Waals surface area contributed by atoms with Gasteiger partial charge in [0, 0.05) is 17.6 Å². The van der Waals surface area contributed by atoms with E-state index in [1.807, 2.05) is 38.1 Å². The van der Waals surface area contributed by atoms with Crippen LogP contribution in [0.4, 0.5) is 0 Å². The van der Waals surface area contributed by atoms with Crippen LogP contribution in [-0.2, 0) is 0 Å². The average Bonchev–Trinajstić information content (AvgIpc) is 2.38. The maximum atomic E-state index is 12.1. The number of amides is 1. The third-order valence-electron chi connectivity index (χ3n) is 3.49. The van der Waals surface area contributed by atoms with Crippen LogP contribution in [0.25, 0.3) is 0 Å². The van der Waals surface area contributed by atoms with Crippen LogP contribution in [0.15, 0.2) is 24.3 Å². The van der Waals surface area contributed by atoms with E-state index < -0.39 is 0 Å². The largest absolute Gasteiger partial charge is 0.346 e. The van der Waals surface area contributed by atoms with Crippen LogP contribution in [0.3, 0.4) is 0 Å². The molecule has 0 fully saturated rings. The predicted molar refractivity (Wildman–Crippen MR) is 75.7 cm³/mol. The van der Waals surface area contributed by atoms with Crippen molar-refractivity contribution in [2.75, 3.05) is 6.54 Å². The Balaban J connectivity index is 2.79. The molecule has 0 bridgehead atoms. The van der Waals surface area contributed by atoms with E-state index in [1.165, 1.54) is 5.56 Å². The van der Waals surface area contributed by atoms with Crippen molar-refractivity contribution in [3.8, 4) is 0 Å². The molecule has 0 heterocycles. The fourth-order valence-electron chi connectivity index (χ4n) is 1.65. The molecule has 1 aromatic rings. The molecule has 0 saturated heterocycles. The fraction of sp³-hybridized carbons (Fsp3) is 0.533. The number of nitrogens with two attached hydrogens (primary N) is 1. The van der Waals surface area contributed by atoms with E-state index in [0.29, 0.717) is 18.0 Å². The Morgan fingerprint density at radius 2 is 1.89 bits per heavy atom. The zero-order valence-corrected chi connectivity index (χ0v) is 11.8. The lowest BCUT2D eigenvalue weighted by molar-refractivity contribution is 0.0906. The van der Waals surface area contributed by atoms with Crippen LogP contribution in [0.1, 0.15) is 56.0 Å². The van der Waals surface area contributed by atoms with Gasteiger partial charge in [0.2, 0.25) is 0 Å². The first-order valence-corrected chi connectivity index (χ1v) is 6.54. The lowest BCUT2D eigenvalue weighted by atomic mass is 9.97. The minimum atomic E-state index is -0.326. The van der Waals surface area contributed by atoms with E-state index >= 15 is 0 Å². The summed E-state index contributed by atoms with van der Waals surface area (Å²) in [5, 5.41) is 2.99. The molecule has 100 valence electrons. The topological polar surface area (TPSA) is 55.1 Å². The van der Waals surface area contributed by atoms with E-state index in [0.717, 1.165) is 6.42 Å². The molecule has 3 N–H and O–H groups in total. The Kier molecular flexibility index (Phi) is 4.91. The summed E-state index contributed by atoms with van der Waals surface area (Å²) in [6, 6.07) is 7.76. The minimum Gasteiger partial charge on any atom is -0.346 e. The van der Waals surface area contributed by atoms with E-state index in [2.05, 4.69) is 19.2 Å². The summed E-state index contributed by atoms with van der Waals surface area (Å²) in [6.07, 6.45) is 0.819. The number of carbonyl (C=O) groups excluding carboxylic acids is 1. The molecule has 0 saturated carbocycles. The van der Waals surface area contributed by atoms with Crippen molar-refractivity contribution in [3.05, 3.63) is 35.4 Å². The average molecular weight is 248 g/mol. The monoisotopic (exact) mass is 248 g/mol. The van der Waals surface area contributed by atoms with Crippen molar-refractivity contribution in [1.82, 2.24) is 5.32 Å². The number of hydrogen-bond acceptors (Lipinski definition) is 2. The Morgan fingerprint density at radius 3 is 2.28 bits per heavy atom. The molecule has 1 aromatic carbocycles. The summed E-state index contributed by atoms with van der Waals surface area (Å²) in [4.78, 5) is 12.1. The van der Waals surface area contributed by atoms with Crippen molar-refractivity contribution in [2.45, 2.75) is 45.6 Å². The van der Waals surface area contributed by atoms with Gasteiger partial charge < -0.3 is 11.1 Å². The van der Waals surface area contributed by atoms with Gasteiger partial charge in [0.15, 0.2) is 0 Å². The summed E-state index contributed by atoms with van der Waals surface area (Å²) in [6.45, 7) is 8.71. The first kappa shape index (κ1) is 14.7. The highest BCUT2D eigenvalue weighted by Crippen LogP contribution is 2.15. The van der Waals surface area contributed by atoms with E-state index in [9.17, 15) is 4.79 Å². The smallest absolute Gasteiger partial charge is 0.251 e. The fourth-order valence-corrected chi connectivity index (χ4v) is 1.65. The second kappa shape index (κ2) is 6.01. The Labute approximate surface area is 110 Å². The molecule has 1 rings (SSSR count). The van der Waals surface area contributed by atoms with Gasteiger partial charge in [-0.05, 0) is 37.0 Å². The Hall–Kier alpha value is -1.35. The van der Waals surface area contributed by atoms with Crippen LogP contribution in [0, 0.1) is 0 Å². The number of benzene rings is 1. The van der Waals surface area contributed by atoms with Crippen LogP contribution < -0.4 is 11.1 Å². The molecule has 3 heteroatoms. The third-order valence-corrected chi connectivity index (χ3v) is 3.49. The lowest BCUT2D eigenvalue weighted by Crippen LogP contribution is -2.50. The zero-order chi connectivity index (χ0) is 13.8. The molecule has 0 aliphatic heterocycles. The van der Waals surface area contributed by atoms with Crippen molar-refractivity contribution >= 4 is 5.91 Å². The second-order valence-corrected chi connectivity index (χ2v) is 5.35. The van der Waals surface area contributed by atoms with Crippen molar-refractivity contribution < 1.29 is 4.79 Å². The highest BCUT2D eigenvalue weighted by molar-refractivity contribution is 5.94. The SMILES string of the molecule is CCC(C)(CN)NC(=O)c1ccc(C(C)C)cc1. The molecule has 3 nitrogen and oxygen atoms in total. The summed E-state index contributed by atoms with van der Waals surface area (Å²) in [7, 11) is 0. The molecule has 18 heavy (non-hydrogen) atoms. The first-order chi connectivity index (χ1) is 8.41. The minimum absolute atomic E-state index is 0.0555. The molecule has 1 unspecified atom stereocenters. The second-order valence-electron chi connectivity index (χ2n) is 5.35. The van der Waals surface area contributed by atoms with Gasteiger partial charge in [0.1, 0.15) is 0 Å². The van der Waals surface area contributed by atoms with Gasteiger partial charge in [-0.1, -0.05) is 32.9 Å². The normalized spacial score (nSPS) is 14.3. The molecule has 0 aromatic heterocycles. The van der Waals surface area contributed by atoms with Crippen LogP contribution >= 0.6 is 0 Å². The lowest BCUT2D eigenvalue weighted by Gasteiger charge is -2.28. The molecule has 0 aliphatic carbocycles. The summed E-state index contributed by atoms with van der Waals surface area (Å²) in [5.41, 5.74) is 7.29. The molecular formula is C15H24N2O. The van der Waals surface area contributed by atoms with Crippen molar-refractivity contribution in [2.24, 2.45) is 5.73 Å². The van der Waals surface area contributed by atoms with Crippen molar-refractivity contribution in [3.63, 3.8) is 0 Å². The molecule has 0 spiro atoms. The maximum Gasteiger partial charge on any atom is 0.251 e. The molecule has 1 atom stereocenters. The Morgan fingerprint density at radius 1 is 1.33 bits per heavy atom. The van der Waals surface area contributed by atoms with Gasteiger partial charge in [0.25, 0.3) is 5.91 Å². The van der Waals surface area contributed by atoms with E-state index in [4.69, 9.17) is 5.73 Å². The molecule has 0 aliphatic rings. The van der Waals surface area contributed by atoms with Crippen LogP contribution in [-0.4, -0.2) is 18.0 Å². The van der Waals surface area contributed by atoms with Gasteiger partial charge in [-0.2, -0.15) is 0 Å². The van der Waals surface area contributed by atoms with Crippen LogP contribution in [0.5, 0.6) is 0 Å². The highest BCUT2D eigenvalue weighted by atomic mass is 16.1. The molecule has 1 amide bonds. The molecule has 0 radical (unpaired) electrons. The quantitative estimate of drug-likeness (QED) is 0.841. The summed E-state index contributed by atoms with van der Waals surface area (Å²) in [5.74, 6) is 0.423. The molecular weight excluding hydrogens is 224 g/mol. The van der Waals surface area contributed by atoms with Gasteiger partial charge in [-0.25, -0.2) is 0 Å². The van der Waals surface area contributed by atoms with E-state index in [-0.39, 0.29) is 11.4 Å². The van der Waals surface area contributed by atoms with Gasteiger partial charge in [-0.3, -0.25) is 4.79 Å². The first-order valence-electron chi connectivity index (χ1n) is 6.54. The standard InChI is InChI=1S/C15H24N2O/c1-5-15(4,10-16)17-14(18)13-8-6-12(7-9-13)11(2)3/h6-9,11H,5,10,16H2,1-4H3,(H,17,18). The Bertz CT molecular complexity index is 391. The summed E-state index contributed by atoms with van der Waals surface area (Å²) >= 11 is 0. The number of rotatable bonds is 5. The third kappa shape index (κ3) is 3.57. The number of carbonyl (C=O) groups is 1. The highest BCUT2D eigenvalue weighted by Gasteiger charge is 2.22. The van der Waals surface area contributed by atoms with Crippen molar-refractivity contribution in [1.29, 1.82) is 0 Å². The number of hydrogen-bond donors (Lipinski definition) is 2. The van der Waals surface area contributed by atoms with Crippen LogP contribution in [0.2, 0.25) is 0 Å². The van der Waals surface area contributed by atoms with Gasteiger partial charge >= 0.3 is 0 Å². The number of nitrogens with one attached hydrogen (secondary N) is 1.